The number of pyridine rings is 3. The fraction of sp³-hybridized carbons (Fsp3) is 0.371. The molecule has 0 bridgehead atoms. The molecule has 0 unspecified atom stereocenters. The van der Waals surface area contributed by atoms with Gasteiger partial charge in [-0.1, -0.05) is 106 Å². The second-order valence-electron chi connectivity index (χ2n) is 37.4. The van der Waals surface area contributed by atoms with E-state index in [0.29, 0.717) is 59.5 Å². The van der Waals surface area contributed by atoms with Crippen molar-refractivity contribution in [3.05, 3.63) is 252 Å². The van der Waals surface area contributed by atoms with Gasteiger partial charge in [0.05, 0.1) is 73.3 Å². The minimum atomic E-state index is -4.67. The highest BCUT2D eigenvalue weighted by Crippen LogP contribution is 2.50. The lowest BCUT2D eigenvalue weighted by molar-refractivity contribution is -0.386. The molecule has 7 aliphatic rings. The SMILES string of the molecule is CC1(C)CCC(C[C@@H]2CNc3cc(S(=O)(=O)NC(=O)c4ccc(N5CCN(CC6=C(c7ccc(Cl)cc7)CC(C)(C)CC6)CC5)cc4Oc4cnc5[nH]ccc5c4)cc([N+](=O)[O-])c3O2)CC1.Cc1ccc([C@@H]2CNc3cc(S(=O)(=O)NC(=O)c4ccc(N5CCN(CC6=C(c7ccc(Cl)cc7)CC(C)(C)CC6)CC5)cc4Oc4cnc5[nH]ccc5c4)cc([N+](=O)[O-])c3O2)nc1. The third-order valence-electron chi connectivity index (χ3n) is 26.1. The van der Waals surface area contributed by atoms with Crippen LogP contribution in [0, 0.1) is 49.3 Å². The average Bonchev–Trinajstić information content (AvgIpc) is 0.960. The number of carbonyl (C=O) groups is 2. The minimum Gasteiger partial charge on any atom is -0.480 e. The Hall–Kier alpha value is -12.1. The molecular formula is C97H105Cl2N15O14S2. The highest BCUT2D eigenvalue weighted by Gasteiger charge is 2.39. The van der Waals surface area contributed by atoms with Gasteiger partial charge in [-0.05, 0) is 219 Å². The van der Waals surface area contributed by atoms with Gasteiger partial charge in [0.15, 0.2) is 6.10 Å². The van der Waals surface area contributed by atoms with Crippen molar-refractivity contribution < 1.29 is 55.2 Å². The van der Waals surface area contributed by atoms with Crippen molar-refractivity contribution in [1.29, 1.82) is 0 Å². The Morgan fingerprint density at radius 2 is 0.985 bits per heavy atom. The summed E-state index contributed by atoms with van der Waals surface area (Å²) >= 11 is 12.5. The van der Waals surface area contributed by atoms with Crippen LogP contribution in [-0.4, -0.2) is 158 Å². The van der Waals surface area contributed by atoms with E-state index in [2.05, 4.69) is 130 Å². The number of fused-ring (bicyclic) bond motifs is 4. The minimum absolute atomic E-state index is 0.00409. The van der Waals surface area contributed by atoms with Gasteiger partial charge in [-0.2, -0.15) is 0 Å². The number of rotatable bonds is 23. The lowest BCUT2D eigenvalue weighted by Gasteiger charge is -2.39. The van der Waals surface area contributed by atoms with Gasteiger partial charge in [0.2, 0.25) is 11.5 Å². The normalized spacial score (nSPS) is 18.8. The molecule has 29 nitrogen and oxygen atoms in total. The van der Waals surface area contributed by atoms with Gasteiger partial charge in [-0.3, -0.25) is 44.6 Å². The molecule has 5 aromatic heterocycles. The van der Waals surface area contributed by atoms with E-state index in [4.69, 9.17) is 42.1 Å². The van der Waals surface area contributed by atoms with Crippen LogP contribution in [0.5, 0.6) is 34.5 Å². The molecule has 0 radical (unpaired) electrons. The molecule has 2 atom stereocenters. The summed E-state index contributed by atoms with van der Waals surface area (Å²) in [5, 5.41) is 33.9. The molecular weight excluding hydrogens is 1730 g/mol. The summed E-state index contributed by atoms with van der Waals surface area (Å²) in [5.41, 5.74) is 12.4. The van der Waals surface area contributed by atoms with Gasteiger partial charge in [0.1, 0.15) is 40.4 Å². The van der Waals surface area contributed by atoms with Crippen LogP contribution < -0.4 is 48.8 Å². The molecule has 4 aliphatic heterocycles. The van der Waals surface area contributed by atoms with E-state index in [1.807, 2.05) is 49.4 Å². The quantitative estimate of drug-likeness (QED) is 0.0256. The number of piperazine rings is 2. The molecule has 130 heavy (non-hydrogen) atoms. The third-order valence-corrected chi connectivity index (χ3v) is 29.2. The number of nitro benzene ring substituents is 2. The number of nitrogens with zero attached hydrogens (tertiary/aromatic N) is 9. The molecule has 18 rings (SSSR count). The molecule has 2 saturated heterocycles. The zero-order valence-electron chi connectivity index (χ0n) is 73.6. The maximum atomic E-state index is 14.1. The van der Waals surface area contributed by atoms with Crippen molar-refractivity contribution in [3.8, 4) is 34.5 Å². The predicted molar refractivity (Wildman–Crippen MR) is 504 cm³/mol. The van der Waals surface area contributed by atoms with Crippen LogP contribution in [0.2, 0.25) is 10.0 Å². The van der Waals surface area contributed by atoms with E-state index >= 15 is 0 Å². The van der Waals surface area contributed by atoms with Crippen LogP contribution in [-0.2, 0) is 20.0 Å². The van der Waals surface area contributed by atoms with Crippen LogP contribution in [0.4, 0.5) is 34.1 Å². The van der Waals surface area contributed by atoms with Gasteiger partial charge in [0.25, 0.3) is 31.9 Å². The summed E-state index contributed by atoms with van der Waals surface area (Å²) in [7, 11) is -9.30. The number of aromatic nitrogens is 5. The summed E-state index contributed by atoms with van der Waals surface area (Å²) in [6.07, 6.45) is 18.7. The zero-order chi connectivity index (χ0) is 91.1. The Morgan fingerprint density at radius 1 is 0.531 bits per heavy atom. The van der Waals surface area contributed by atoms with E-state index in [9.17, 15) is 46.7 Å². The number of carbonyl (C=O) groups excluding carboxylic acids is 2. The number of hydrogen-bond donors (Lipinski definition) is 6. The van der Waals surface area contributed by atoms with E-state index < -0.39 is 69.0 Å². The number of aromatic amines is 2. The lowest BCUT2D eigenvalue weighted by Crippen LogP contribution is -2.47. The number of halogens is 2. The number of benzene rings is 6. The number of allylic oxidation sites excluding steroid dienone is 2. The molecule has 678 valence electrons. The Labute approximate surface area is 765 Å². The highest BCUT2D eigenvalue weighted by molar-refractivity contribution is 7.90. The molecule has 3 aliphatic carbocycles. The van der Waals surface area contributed by atoms with Gasteiger partial charge in [-0.15, -0.1) is 0 Å². The Morgan fingerprint density at radius 3 is 1.43 bits per heavy atom. The number of nitrogens with one attached hydrogen (secondary N) is 6. The van der Waals surface area contributed by atoms with Crippen molar-refractivity contribution in [1.82, 2.24) is 44.2 Å². The second-order valence-corrected chi connectivity index (χ2v) is 41.6. The number of amides is 2. The molecule has 6 N–H and O–H groups in total. The molecule has 33 heteroatoms. The molecule has 3 fully saturated rings. The van der Waals surface area contributed by atoms with E-state index in [1.165, 1.54) is 64.0 Å². The summed E-state index contributed by atoms with van der Waals surface area (Å²) in [6.45, 7) is 24.2. The number of nitro groups is 2. The Bertz CT molecular complexity index is 6480. The van der Waals surface area contributed by atoms with Crippen LogP contribution >= 0.6 is 23.2 Å². The van der Waals surface area contributed by atoms with Crippen LogP contribution in [0.25, 0.3) is 33.2 Å². The zero-order valence-corrected chi connectivity index (χ0v) is 76.7. The number of hydrogen-bond acceptors (Lipinski definition) is 23. The van der Waals surface area contributed by atoms with Crippen molar-refractivity contribution in [2.45, 2.75) is 141 Å². The fourth-order valence-electron chi connectivity index (χ4n) is 18.6. The van der Waals surface area contributed by atoms with Crippen molar-refractivity contribution in [3.63, 3.8) is 0 Å². The summed E-state index contributed by atoms with van der Waals surface area (Å²) in [5.74, 6) is -0.725. The third kappa shape index (κ3) is 20.7. The van der Waals surface area contributed by atoms with E-state index in [0.717, 1.165) is 173 Å². The van der Waals surface area contributed by atoms with Crippen molar-refractivity contribution >= 4 is 122 Å². The van der Waals surface area contributed by atoms with Crippen LogP contribution in [0.3, 0.4) is 0 Å². The van der Waals surface area contributed by atoms with Gasteiger partial charge in [-0.25, -0.2) is 36.2 Å². The number of sulfonamides is 2. The standard InChI is InChI=1S/C50H58ClN7O7S.C47H47ClN8O7S/c1-49(2)15-11-32(12-16-49)23-38-29-53-43-26-40(27-44(58(60)61)46(43)65-38)66(62,63)55-48(59)41-10-9-37(25-45(41)64-39-24-34-14-18-52-47(34)54-30-39)57-21-19-56(20-22-57)31-35-13-17-50(3,4)28-42(35)33-5-7-36(51)8-6-33;1-29-4-11-39(50-25-29)43-27-51-40-22-36(23-41(56(58)59)44(40)63-43)64(60,61)53-46(57)37-10-9-34(21-42(37)62-35-20-31-13-15-49-45(31)52-26-35)55-18-16-54(17-19-55)28-32-12-14-47(2,3)24-38(32)30-5-7-33(48)8-6-30/h5-10,14,18,24-27,30,32,38,53H,11-13,15-17,19-23,28-29,31H2,1-4H3,(H,52,54)(H,55,59);4-11,13,15,20-23,25-26,43,51H,12,14,16-19,24,27-28H2,1-3H3,(H,49,52)(H,53,57)/t38-;43-/m10/s1. The molecule has 9 heterocycles. The monoisotopic (exact) mass is 1840 g/mol. The fourth-order valence-corrected chi connectivity index (χ4v) is 20.8. The van der Waals surface area contributed by atoms with Crippen LogP contribution in [0.1, 0.15) is 161 Å². The lowest BCUT2D eigenvalue weighted by atomic mass is 9.72. The maximum absolute atomic E-state index is 14.1. The van der Waals surface area contributed by atoms with E-state index in [1.54, 1.807) is 67.1 Å². The molecule has 1 saturated carbocycles. The maximum Gasteiger partial charge on any atom is 0.314 e. The first-order valence-corrected chi connectivity index (χ1v) is 47.8. The smallest absolute Gasteiger partial charge is 0.314 e. The topological polar surface area (TPSA) is 357 Å². The van der Waals surface area contributed by atoms with Gasteiger partial charge < -0.3 is 49.3 Å². The number of ether oxygens (including phenoxy) is 4. The van der Waals surface area contributed by atoms with E-state index in [-0.39, 0.29) is 69.0 Å². The first-order valence-electron chi connectivity index (χ1n) is 44.1. The van der Waals surface area contributed by atoms with Crippen LogP contribution in [0.15, 0.2) is 198 Å². The molecule has 6 aromatic carbocycles. The highest BCUT2D eigenvalue weighted by atomic mass is 35.5. The first-order chi connectivity index (χ1) is 62.1. The Kier molecular flexibility index (Phi) is 25.6. The molecule has 2 amide bonds. The second kappa shape index (κ2) is 37.0. The Balaban J connectivity index is 0.000000182. The summed E-state index contributed by atoms with van der Waals surface area (Å²) < 4.78 is 85.0. The number of aryl methyl sites for hydroxylation is 1. The van der Waals surface area contributed by atoms with Crippen molar-refractivity contribution in [2.75, 3.05) is 99.0 Å². The summed E-state index contributed by atoms with van der Waals surface area (Å²) in [4.78, 5) is 79.3. The predicted octanol–water partition coefficient (Wildman–Crippen LogP) is 19.7. The first kappa shape index (κ1) is 89.8. The largest absolute Gasteiger partial charge is 0.480 e. The summed E-state index contributed by atoms with van der Waals surface area (Å²) in [6, 6.07) is 41.6. The molecule has 0 spiro atoms. The van der Waals surface area contributed by atoms with Gasteiger partial charge >= 0.3 is 11.4 Å². The average molecular weight is 1840 g/mol. The molecule has 11 aromatic rings. The number of anilines is 4. The van der Waals surface area contributed by atoms with Crippen molar-refractivity contribution in [2.24, 2.45) is 22.2 Å². The number of H-pyrrole nitrogens is 2. The van der Waals surface area contributed by atoms with Gasteiger partial charge in [0, 0.05) is 140 Å².